The Hall–Kier alpha value is -6.15. The molecule has 8 heterocycles. The Morgan fingerprint density at radius 1 is 0.569 bits per heavy atom. The van der Waals surface area contributed by atoms with E-state index in [9.17, 15) is 21.6 Å². The molecule has 0 aliphatic carbocycles. The normalized spacial score (nSPS) is 20.1. The number of rotatable bonds is 14. The van der Waals surface area contributed by atoms with Crippen LogP contribution in [0.15, 0.2) is 98.2 Å². The second kappa shape index (κ2) is 22.3. The number of imidazole rings is 2. The van der Waals surface area contributed by atoms with E-state index in [2.05, 4.69) is 45.5 Å². The molecule has 1 amide bonds. The van der Waals surface area contributed by atoms with Gasteiger partial charge in [0.25, 0.3) is 31.8 Å². The molecule has 72 heavy (non-hydrogen) atoms. The first-order valence-electron chi connectivity index (χ1n) is 24.6. The van der Waals surface area contributed by atoms with Gasteiger partial charge in [0, 0.05) is 26.2 Å². The molecule has 22 nitrogen and oxygen atoms in total. The number of sulfonamides is 2. The molecule has 24 heteroatoms. The molecule has 4 aromatic heterocycles. The van der Waals surface area contributed by atoms with Gasteiger partial charge in [-0.05, 0) is 94.3 Å². The van der Waals surface area contributed by atoms with E-state index in [1.807, 2.05) is 60.7 Å². The van der Waals surface area contributed by atoms with Crippen molar-refractivity contribution < 1.29 is 44.9 Å². The van der Waals surface area contributed by atoms with E-state index in [1.54, 1.807) is 23.1 Å². The third kappa shape index (κ3) is 11.4. The van der Waals surface area contributed by atoms with Gasteiger partial charge in [0.05, 0.1) is 46.4 Å². The number of carbonyl (C=O) groups is 1. The molecule has 0 spiro atoms. The Labute approximate surface area is 416 Å². The number of fused-ring (bicyclic) bond motifs is 2. The average Bonchev–Trinajstić information content (AvgIpc) is 4.27. The van der Waals surface area contributed by atoms with Crippen LogP contribution in [-0.2, 0) is 54.1 Å². The zero-order chi connectivity index (χ0) is 49.5. The number of hydrogen-bond donors (Lipinski definition) is 3. The minimum Gasteiger partial charge on any atom is -0.445 e. The van der Waals surface area contributed by atoms with Crippen molar-refractivity contribution in [3.05, 3.63) is 108 Å². The Morgan fingerprint density at radius 3 is 1.57 bits per heavy atom. The maximum atomic E-state index is 13.6. The Bertz CT molecular complexity index is 3070. The van der Waals surface area contributed by atoms with Crippen LogP contribution in [0.25, 0.3) is 22.1 Å². The summed E-state index contributed by atoms with van der Waals surface area (Å²) in [6.45, 7) is 4.27. The van der Waals surface area contributed by atoms with Crippen LogP contribution in [0.4, 0.5) is 4.79 Å². The van der Waals surface area contributed by atoms with Gasteiger partial charge in [-0.2, -0.15) is 18.6 Å². The molecule has 11 rings (SSSR count). The van der Waals surface area contributed by atoms with Gasteiger partial charge in [0.2, 0.25) is 10.3 Å². The van der Waals surface area contributed by atoms with Gasteiger partial charge in [0.15, 0.2) is 11.6 Å². The quantitative estimate of drug-likeness (QED) is 0.108. The summed E-state index contributed by atoms with van der Waals surface area (Å²) in [5, 5.41) is 11.4. The van der Waals surface area contributed by atoms with Gasteiger partial charge < -0.3 is 43.4 Å². The number of nitrogens with zero attached hydrogens (tertiary/aromatic N) is 9. The number of carbonyl (C=O) groups excluding carboxylic acids is 1. The highest BCUT2D eigenvalue weighted by molar-refractivity contribution is 7.89. The number of amides is 1. The number of benzene rings is 3. The lowest BCUT2D eigenvalue weighted by molar-refractivity contribution is -0.0130. The number of likely N-dealkylation sites (tertiary alicyclic amines) is 1. The zero-order valence-electron chi connectivity index (χ0n) is 39.7. The van der Waals surface area contributed by atoms with E-state index in [0.29, 0.717) is 91.5 Å². The van der Waals surface area contributed by atoms with E-state index in [0.717, 1.165) is 57.2 Å². The van der Waals surface area contributed by atoms with Crippen LogP contribution in [0.1, 0.15) is 105 Å². The minimum absolute atomic E-state index is 0.0569. The van der Waals surface area contributed by atoms with Crippen molar-refractivity contribution in [3.63, 3.8) is 0 Å². The number of aromatic amines is 2. The largest absolute Gasteiger partial charge is 0.445 e. The number of para-hydroxylation sites is 4. The summed E-state index contributed by atoms with van der Waals surface area (Å²) in [6, 6.07) is 23.0. The summed E-state index contributed by atoms with van der Waals surface area (Å²) in [6.07, 6.45) is 7.48. The Kier molecular flexibility index (Phi) is 15.3. The van der Waals surface area contributed by atoms with Gasteiger partial charge in [-0.25, -0.2) is 31.6 Å². The fraction of sp³-hybridized carbons (Fsp3) is 0.479. The topological polar surface area (TPSA) is 270 Å². The second-order valence-corrected chi connectivity index (χ2v) is 21.9. The van der Waals surface area contributed by atoms with Gasteiger partial charge >= 0.3 is 6.09 Å². The molecule has 0 unspecified atom stereocenters. The fourth-order valence-electron chi connectivity index (χ4n) is 9.51. The average molecular weight is 1030 g/mol. The number of H-pyrrole nitrogens is 2. The molecule has 3 aromatic carbocycles. The SMILES string of the molecule is O=C(OCc1ccccc1)N1CCC(OCc2nc([C@@H]3CCCCN3S(=O)(=O)c3nc4ccccc4[nH]3)no2)CC1.O=S(=O)(c1nc2ccccc2[nH]1)N1CCCC[C@H]1c1noc(COC2CCNCC2)n1. The fourth-order valence-corrected chi connectivity index (χ4v) is 12.7. The van der Waals surface area contributed by atoms with E-state index in [1.165, 1.54) is 8.61 Å². The summed E-state index contributed by atoms with van der Waals surface area (Å²) >= 11 is 0. The third-order valence-electron chi connectivity index (χ3n) is 13.4. The van der Waals surface area contributed by atoms with E-state index in [4.69, 9.17) is 23.3 Å². The molecule has 4 fully saturated rings. The summed E-state index contributed by atoms with van der Waals surface area (Å²) in [7, 11) is -7.74. The molecular formula is C48H58N12O10S2. The molecule has 4 saturated heterocycles. The molecule has 0 saturated carbocycles. The van der Waals surface area contributed by atoms with Crippen LogP contribution in [0, 0.1) is 0 Å². The first-order valence-corrected chi connectivity index (χ1v) is 27.4. The van der Waals surface area contributed by atoms with Gasteiger partial charge in [-0.1, -0.05) is 77.8 Å². The lowest BCUT2D eigenvalue weighted by Crippen LogP contribution is -2.41. The van der Waals surface area contributed by atoms with E-state index >= 15 is 0 Å². The summed E-state index contributed by atoms with van der Waals surface area (Å²) in [4.78, 5) is 37.5. The van der Waals surface area contributed by atoms with Crippen molar-refractivity contribution in [2.75, 3.05) is 39.3 Å². The van der Waals surface area contributed by atoms with Crippen molar-refractivity contribution in [2.45, 2.75) is 119 Å². The standard InChI is InChI=1S/C28H32N6O6S.C20H26N6O4S/c35-28(39-18-20-8-2-1-3-9-20)33-16-13-21(14-17-33)38-19-25-31-26(32-40-25)24-12-6-7-15-34(24)41(36,37)27-29-22-10-4-5-11-23(22)30-27;27-31(28,20-22-15-5-1-2-6-16(15)23-20)26-12-4-3-7-17(26)19-24-18(30-25-19)13-29-14-8-10-21-11-9-14/h1-5,8-11,21,24H,6-7,12-19H2,(H,29,30);1-2,5-6,14,17,21H,3-4,7-13H2,(H,22,23)/t24-;17-/m00/s1. The molecule has 0 radical (unpaired) electrons. The highest BCUT2D eigenvalue weighted by Gasteiger charge is 2.40. The highest BCUT2D eigenvalue weighted by Crippen LogP contribution is 2.36. The smallest absolute Gasteiger partial charge is 0.410 e. The molecular weight excluding hydrogens is 969 g/mol. The third-order valence-corrected chi connectivity index (χ3v) is 16.9. The number of piperidine rings is 4. The lowest BCUT2D eigenvalue weighted by Gasteiger charge is -2.31. The Balaban J connectivity index is 0.000000172. The van der Waals surface area contributed by atoms with Crippen molar-refractivity contribution in [2.24, 2.45) is 0 Å². The van der Waals surface area contributed by atoms with Gasteiger partial charge in [-0.15, -0.1) is 0 Å². The molecule has 4 aliphatic rings. The van der Waals surface area contributed by atoms with Crippen LogP contribution < -0.4 is 5.32 Å². The van der Waals surface area contributed by atoms with Crippen LogP contribution in [0.2, 0.25) is 0 Å². The van der Waals surface area contributed by atoms with Crippen molar-refractivity contribution >= 4 is 48.2 Å². The van der Waals surface area contributed by atoms with Crippen LogP contribution in [0.5, 0.6) is 0 Å². The summed E-state index contributed by atoms with van der Waals surface area (Å²) in [5.41, 5.74) is 3.50. The predicted octanol–water partition coefficient (Wildman–Crippen LogP) is 6.31. The van der Waals surface area contributed by atoms with Crippen molar-refractivity contribution in [3.8, 4) is 0 Å². The van der Waals surface area contributed by atoms with E-state index < -0.39 is 32.1 Å². The van der Waals surface area contributed by atoms with Crippen molar-refractivity contribution in [1.82, 2.24) is 59.0 Å². The molecule has 382 valence electrons. The number of nitrogens with one attached hydrogen (secondary N) is 3. The van der Waals surface area contributed by atoms with Crippen molar-refractivity contribution in [1.29, 1.82) is 0 Å². The monoisotopic (exact) mass is 1030 g/mol. The molecule has 7 aromatic rings. The van der Waals surface area contributed by atoms with Crippen LogP contribution in [-0.4, -0.2) is 128 Å². The summed E-state index contributed by atoms with van der Waals surface area (Å²) in [5.74, 6) is 1.36. The second-order valence-electron chi connectivity index (χ2n) is 18.3. The maximum absolute atomic E-state index is 13.6. The van der Waals surface area contributed by atoms with Gasteiger partial charge in [0.1, 0.15) is 19.8 Å². The predicted molar refractivity (Wildman–Crippen MR) is 258 cm³/mol. The minimum atomic E-state index is -3.90. The molecule has 3 N–H and O–H groups in total. The van der Waals surface area contributed by atoms with Crippen LogP contribution >= 0.6 is 0 Å². The summed E-state index contributed by atoms with van der Waals surface area (Å²) < 4.78 is 84.9. The van der Waals surface area contributed by atoms with E-state index in [-0.39, 0.29) is 54.3 Å². The zero-order valence-corrected chi connectivity index (χ0v) is 41.3. The molecule has 4 aliphatic heterocycles. The first-order chi connectivity index (χ1) is 35.1. The van der Waals surface area contributed by atoms with Crippen LogP contribution in [0.3, 0.4) is 0 Å². The number of hydrogen-bond acceptors (Lipinski definition) is 17. The first kappa shape index (κ1) is 49.4. The molecule has 2 atom stereocenters. The Morgan fingerprint density at radius 2 is 1.06 bits per heavy atom. The highest BCUT2D eigenvalue weighted by atomic mass is 32.2. The number of ether oxygens (including phenoxy) is 3. The van der Waals surface area contributed by atoms with Gasteiger partial charge in [-0.3, -0.25) is 0 Å². The molecule has 0 bridgehead atoms. The number of aromatic nitrogens is 8. The maximum Gasteiger partial charge on any atom is 0.410 e. The lowest BCUT2D eigenvalue weighted by atomic mass is 10.0.